The molecule has 0 aliphatic carbocycles. The molecule has 0 bridgehead atoms. The maximum Gasteiger partial charge on any atom is 0.321 e. The van der Waals surface area contributed by atoms with Gasteiger partial charge < -0.3 is 21.3 Å². The standard InChI is InChI=1S/C24H27ClN6O/c1-16-19(8-5-9-20(16)25)21-15-22(30-23(26)29-21)27-11-10-17-6-4-7-18(14-17)28-24(32)31-12-2-3-13-31/h4-9,14-15H,2-3,10-13H2,1H3,(H,28,32)(H3,26,27,29,30). The number of carbonyl (C=O) groups is 1. The Balaban J connectivity index is 1.39. The van der Waals surface area contributed by atoms with Gasteiger partial charge in [-0.3, -0.25) is 0 Å². The van der Waals surface area contributed by atoms with Crippen molar-refractivity contribution in [2.24, 2.45) is 0 Å². The molecule has 0 radical (unpaired) electrons. The van der Waals surface area contributed by atoms with Gasteiger partial charge in [0.2, 0.25) is 5.95 Å². The summed E-state index contributed by atoms with van der Waals surface area (Å²) in [5.74, 6) is 0.862. The van der Waals surface area contributed by atoms with Crippen molar-refractivity contribution in [3.05, 3.63) is 64.7 Å². The zero-order chi connectivity index (χ0) is 22.5. The van der Waals surface area contributed by atoms with Gasteiger partial charge in [-0.2, -0.15) is 4.98 Å². The Morgan fingerprint density at radius 1 is 1.12 bits per heavy atom. The van der Waals surface area contributed by atoms with Crippen molar-refractivity contribution in [2.45, 2.75) is 26.2 Å². The lowest BCUT2D eigenvalue weighted by atomic mass is 10.1. The second-order valence-electron chi connectivity index (χ2n) is 7.91. The molecule has 2 heterocycles. The second kappa shape index (κ2) is 9.87. The summed E-state index contributed by atoms with van der Waals surface area (Å²) in [4.78, 5) is 22.8. The number of rotatable bonds is 6. The summed E-state index contributed by atoms with van der Waals surface area (Å²) in [6.07, 6.45) is 2.92. The van der Waals surface area contributed by atoms with Gasteiger partial charge in [-0.15, -0.1) is 0 Å². The lowest BCUT2D eigenvalue weighted by molar-refractivity contribution is 0.222. The van der Waals surface area contributed by atoms with Gasteiger partial charge in [-0.25, -0.2) is 9.78 Å². The van der Waals surface area contributed by atoms with Crippen molar-refractivity contribution < 1.29 is 4.79 Å². The lowest BCUT2D eigenvalue weighted by Gasteiger charge is -2.16. The van der Waals surface area contributed by atoms with Crippen LogP contribution < -0.4 is 16.4 Å². The van der Waals surface area contributed by atoms with Gasteiger partial charge in [-0.05, 0) is 55.5 Å². The minimum atomic E-state index is -0.0296. The van der Waals surface area contributed by atoms with Gasteiger partial charge in [-0.1, -0.05) is 35.9 Å². The Morgan fingerprint density at radius 3 is 2.72 bits per heavy atom. The quantitative estimate of drug-likeness (QED) is 0.492. The van der Waals surface area contributed by atoms with Gasteiger partial charge in [0.1, 0.15) is 5.82 Å². The first kappa shape index (κ1) is 21.9. The number of aromatic nitrogens is 2. The van der Waals surface area contributed by atoms with Crippen molar-refractivity contribution in [2.75, 3.05) is 36.0 Å². The summed E-state index contributed by atoms with van der Waals surface area (Å²) in [6.45, 7) is 4.27. The molecule has 2 amide bonds. The highest BCUT2D eigenvalue weighted by Gasteiger charge is 2.17. The summed E-state index contributed by atoms with van der Waals surface area (Å²) >= 11 is 6.26. The first-order valence-electron chi connectivity index (χ1n) is 10.8. The Morgan fingerprint density at radius 2 is 1.91 bits per heavy atom. The predicted molar refractivity (Wildman–Crippen MR) is 130 cm³/mol. The van der Waals surface area contributed by atoms with E-state index in [0.717, 1.165) is 60.4 Å². The van der Waals surface area contributed by atoms with Crippen LogP contribution in [-0.2, 0) is 6.42 Å². The van der Waals surface area contributed by atoms with E-state index in [1.54, 1.807) is 0 Å². The number of nitrogen functional groups attached to an aromatic ring is 1. The monoisotopic (exact) mass is 450 g/mol. The van der Waals surface area contributed by atoms with E-state index in [1.165, 1.54) is 0 Å². The van der Waals surface area contributed by atoms with Crippen molar-refractivity contribution in [3.63, 3.8) is 0 Å². The van der Waals surface area contributed by atoms with Crippen LogP contribution in [0.25, 0.3) is 11.3 Å². The van der Waals surface area contributed by atoms with Crippen LogP contribution in [0.15, 0.2) is 48.5 Å². The van der Waals surface area contributed by atoms with Crippen LogP contribution in [0.2, 0.25) is 5.02 Å². The Hall–Kier alpha value is -3.32. The average Bonchev–Trinajstić information content (AvgIpc) is 3.31. The van der Waals surface area contributed by atoms with Crippen LogP contribution in [0.4, 0.5) is 22.2 Å². The molecule has 3 aromatic rings. The highest BCUT2D eigenvalue weighted by atomic mass is 35.5. The number of hydrogen-bond donors (Lipinski definition) is 3. The third-order valence-corrected chi connectivity index (χ3v) is 5.99. The van der Waals surface area contributed by atoms with E-state index in [-0.39, 0.29) is 12.0 Å². The summed E-state index contributed by atoms with van der Waals surface area (Å²) < 4.78 is 0. The largest absolute Gasteiger partial charge is 0.370 e. The number of benzene rings is 2. The molecule has 4 rings (SSSR count). The smallest absolute Gasteiger partial charge is 0.321 e. The molecule has 2 aromatic carbocycles. The molecular weight excluding hydrogens is 424 g/mol. The summed E-state index contributed by atoms with van der Waals surface area (Å²) in [7, 11) is 0. The van der Waals surface area contributed by atoms with E-state index in [0.29, 0.717) is 17.4 Å². The summed E-state index contributed by atoms with van der Waals surface area (Å²) in [5, 5.41) is 7.00. The molecule has 32 heavy (non-hydrogen) atoms. The maximum absolute atomic E-state index is 12.3. The lowest BCUT2D eigenvalue weighted by Crippen LogP contribution is -2.32. The van der Waals surface area contributed by atoms with Crippen LogP contribution in [0, 0.1) is 6.92 Å². The topological polar surface area (TPSA) is 96.2 Å². The fourth-order valence-electron chi connectivity index (χ4n) is 3.84. The van der Waals surface area contributed by atoms with Crippen LogP contribution in [0.5, 0.6) is 0 Å². The van der Waals surface area contributed by atoms with Crippen LogP contribution in [0.1, 0.15) is 24.0 Å². The van der Waals surface area contributed by atoms with Crippen molar-refractivity contribution in [1.82, 2.24) is 14.9 Å². The molecule has 7 nitrogen and oxygen atoms in total. The molecule has 1 saturated heterocycles. The molecule has 0 spiro atoms. The van der Waals surface area contributed by atoms with Gasteiger partial charge in [0.15, 0.2) is 0 Å². The van der Waals surface area contributed by atoms with Crippen molar-refractivity contribution in [1.29, 1.82) is 0 Å². The number of likely N-dealkylation sites (tertiary alicyclic amines) is 1. The zero-order valence-corrected chi connectivity index (χ0v) is 18.8. The Bertz CT molecular complexity index is 1110. The number of anilines is 3. The SMILES string of the molecule is Cc1c(Cl)cccc1-c1cc(NCCc2cccc(NC(=O)N3CCCC3)c2)nc(N)n1. The van der Waals surface area contributed by atoms with Gasteiger partial charge in [0, 0.05) is 42.0 Å². The Labute approximate surface area is 193 Å². The molecule has 0 atom stereocenters. The fourth-order valence-corrected chi connectivity index (χ4v) is 4.02. The molecule has 1 aliphatic rings. The minimum absolute atomic E-state index is 0.0296. The molecule has 4 N–H and O–H groups in total. The summed E-state index contributed by atoms with van der Waals surface area (Å²) in [6, 6.07) is 15.5. The number of hydrogen-bond acceptors (Lipinski definition) is 5. The van der Waals surface area contributed by atoms with Crippen LogP contribution in [0.3, 0.4) is 0 Å². The number of nitrogens with zero attached hydrogens (tertiary/aromatic N) is 3. The predicted octanol–water partition coefficient (Wildman–Crippen LogP) is 4.97. The Kier molecular flexibility index (Phi) is 6.75. The first-order chi connectivity index (χ1) is 15.5. The third-order valence-electron chi connectivity index (χ3n) is 5.58. The van der Waals surface area contributed by atoms with Crippen molar-refractivity contribution >= 4 is 35.1 Å². The average molecular weight is 451 g/mol. The highest BCUT2D eigenvalue weighted by molar-refractivity contribution is 6.31. The molecule has 0 unspecified atom stereocenters. The number of carbonyl (C=O) groups excluding carboxylic acids is 1. The van der Waals surface area contributed by atoms with Crippen LogP contribution in [-0.4, -0.2) is 40.5 Å². The molecular formula is C24H27ClN6O. The van der Waals surface area contributed by atoms with Gasteiger partial charge in [0.25, 0.3) is 0 Å². The van der Waals surface area contributed by atoms with E-state index in [4.69, 9.17) is 17.3 Å². The molecule has 1 aliphatic heterocycles. The number of nitrogens with two attached hydrogens (primary N) is 1. The van der Waals surface area contributed by atoms with Gasteiger partial charge in [0.05, 0.1) is 5.69 Å². The van der Waals surface area contributed by atoms with E-state index in [2.05, 4.69) is 20.6 Å². The maximum atomic E-state index is 12.3. The molecule has 166 valence electrons. The molecule has 0 saturated carbocycles. The van der Waals surface area contributed by atoms with Crippen molar-refractivity contribution in [3.8, 4) is 11.3 Å². The third kappa shape index (κ3) is 5.29. The molecule has 8 heteroatoms. The molecule has 1 fully saturated rings. The molecule has 1 aromatic heterocycles. The normalized spacial score (nSPS) is 13.2. The van der Waals surface area contributed by atoms with E-state index in [9.17, 15) is 4.79 Å². The zero-order valence-electron chi connectivity index (χ0n) is 18.1. The van der Waals surface area contributed by atoms with E-state index < -0.39 is 0 Å². The summed E-state index contributed by atoms with van der Waals surface area (Å²) in [5.41, 5.74) is 10.5. The fraction of sp³-hybridized carbons (Fsp3) is 0.292. The first-order valence-corrected chi connectivity index (χ1v) is 11.2. The minimum Gasteiger partial charge on any atom is -0.370 e. The van der Waals surface area contributed by atoms with Crippen LogP contribution >= 0.6 is 11.6 Å². The number of amides is 2. The number of nitrogens with one attached hydrogen (secondary N) is 2. The van der Waals surface area contributed by atoms with E-state index in [1.807, 2.05) is 60.4 Å². The number of urea groups is 1. The highest BCUT2D eigenvalue weighted by Crippen LogP contribution is 2.28. The van der Waals surface area contributed by atoms with Gasteiger partial charge >= 0.3 is 6.03 Å². The number of halogens is 1. The second-order valence-corrected chi connectivity index (χ2v) is 8.32. The van der Waals surface area contributed by atoms with E-state index >= 15 is 0 Å².